The third kappa shape index (κ3) is 5.19. The van der Waals surface area contributed by atoms with Crippen LogP contribution >= 0.6 is 0 Å². The first-order chi connectivity index (χ1) is 29.0. The molecule has 280 valence electrons. The molecule has 0 N–H and O–H groups in total. The molecule has 6 heteroatoms. The molecule has 59 heavy (non-hydrogen) atoms. The maximum atomic E-state index is 6.30. The normalized spacial score (nSPS) is 13.4. The van der Waals surface area contributed by atoms with E-state index in [9.17, 15) is 0 Å². The lowest BCUT2D eigenvalue weighted by Gasteiger charge is -2.42. The molecule has 0 saturated heterocycles. The highest BCUT2D eigenvalue weighted by molar-refractivity contribution is 6.11. The van der Waals surface area contributed by atoms with Crippen molar-refractivity contribution in [2.24, 2.45) is 0 Å². The molecule has 8 aromatic carbocycles. The zero-order valence-electron chi connectivity index (χ0n) is 32.4. The lowest BCUT2D eigenvalue weighted by Crippen LogP contribution is -2.30. The Bertz CT molecular complexity index is 3200. The van der Waals surface area contributed by atoms with Crippen molar-refractivity contribution in [2.45, 2.75) is 19.3 Å². The van der Waals surface area contributed by atoms with Gasteiger partial charge < -0.3 is 18.3 Å². The summed E-state index contributed by atoms with van der Waals surface area (Å²) in [5.74, 6) is 1.17. The van der Waals surface area contributed by atoms with Gasteiger partial charge in [0.05, 0.1) is 22.4 Å². The first-order valence-electron chi connectivity index (χ1n) is 20.0. The largest absolute Gasteiger partial charge is 0.436 e. The van der Waals surface area contributed by atoms with Crippen molar-refractivity contribution < 1.29 is 8.83 Å². The summed E-state index contributed by atoms with van der Waals surface area (Å²) in [5, 5.41) is 2.14. The van der Waals surface area contributed by atoms with Crippen LogP contribution in [0.4, 0.5) is 17.1 Å². The standard InChI is InChI=1S/C53H36N4O2/c1-53(2)41-16-6-10-20-47(41)57(48-21-11-7-17-42(48)53)38-29-36(33-14-4-3-5-15-33)28-37(32-38)56-45-26-24-34(51-54-43-18-8-12-22-49(43)58-51)30-39(45)40-31-35(25-27-46(40)56)52-55-44-19-9-13-23-50(44)59-52/h3-32H,1-2H3. The fourth-order valence-corrected chi connectivity index (χ4v) is 9.16. The van der Waals surface area contributed by atoms with Crippen molar-refractivity contribution in [1.82, 2.24) is 14.5 Å². The van der Waals surface area contributed by atoms with Gasteiger partial charge in [0.15, 0.2) is 11.2 Å². The molecule has 0 fully saturated rings. The molecule has 12 rings (SSSR count). The minimum absolute atomic E-state index is 0.171. The molecule has 11 aromatic rings. The van der Waals surface area contributed by atoms with Gasteiger partial charge in [-0.25, -0.2) is 9.97 Å². The molecule has 0 aliphatic carbocycles. The van der Waals surface area contributed by atoms with Gasteiger partial charge in [0, 0.05) is 38.7 Å². The van der Waals surface area contributed by atoms with Crippen LogP contribution in [0, 0.1) is 0 Å². The monoisotopic (exact) mass is 760 g/mol. The Morgan fingerprint density at radius 1 is 0.424 bits per heavy atom. The molecule has 0 radical (unpaired) electrons. The summed E-state index contributed by atoms with van der Waals surface area (Å²) >= 11 is 0. The molecule has 6 nitrogen and oxygen atoms in total. The lowest BCUT2D eigenvalue weighted by atomic mass is 9.73. The van der Waals surface area contributed by atoms with Gasteiger partial charge in [0.25, 0.3) is 0 Å². The number of rotatable bonds is 5. The Kier molecular flexibility index (Phi) is 7.17. The zero-order chi connectivity index (χ0) is 39.2. The molecule has 0 spiro atoms. The quantitative estimate of drug-likeness (QED) is 0.175. The molecule has 0 saturated carbocycles. The molecule has 1 aliphatic rings. The third-order valence-corrected chi connectivity index (χ3v) is 12.0. The van der Waals surface area contributed by atoms with Gasteiger partial charge in [-0.15, -0.1) is 0 Å². The van der Waals surface area contributed by atoms with Crippen LogP contribution in [0.5, 0.6) is 0 Å². The van der Waals surface area contributed by atoms with Gasteiger partial charge in [0.1, 0.15) is 11.0 Å². The van der Waals surface area contributed by atoms with Crippen molar-refractivity contribution >= 4 is 61.1 Å². The SMILES string of the molecule is CC1(C)c2ccccc2N(c2cc(-c3ccccc3)cc(-n3c4ccc(-c5nc6ccccc6o5)cc4c4cc(-c5nc6ccccc6o5)ccc43)c2)c2ccccc21. The van der Waals surface area contributed by atoms with Gasteiger partial charge in [-0.2, -0.15) is 0 Å². The van der Waals surface area contributed by atoms with Gasteiger partial charge in [-0.05, 0) is 113 Å². The number of benzene rings is 8. The smallest absolute Gasteiger partial charge is 0.227 e. The Balaban J connectivity index is 1.13. The third-order valence-electron chi connectivity index (χ3n) is 12.0. The highest BCUT2D eigenvalue weighted by Gasteiger charge is 2.36. The van der Waals surface area contributed by atoms with E-state index in [0.29, 0.717) is 11.8 Å². The molecular formula is C53H36N4O2. The van der Waals surface area contributed by atoms with Gasteiger partial charge in [-0.3, -0.25) is 0 Å². The van der Waals surface area contributed by atoms with E-state index >= 15 is 0 Å². The summed E-state index contributed by atoms with van der Waals surface area (Å²) in [6, 6.07) is 64.1. The predicted octanol–water partition coefficient (Wildman–Crippen LogP) is 14.2. The minimum atomic E-state index is -0.171. The zero-order valence-corrected chi connectivity index (χ0v) is 32.4. The molecule has 0 bridgehead atoms. The topological polar surface area (TPSA) is 60.2 Å². The van der Waals surface area contributed by atoms with Crippen LogP contribution in [0.2, 0.25) is 0 Å². The summed E-state index contributed by atoms with van der Waals surface area (Å²) in [5.41, 5.74) is 16.3. The number of oxazole rings is 2. The van der Waals surface area contributed by atoms with E-state index in [1.807, 2.05) is 48.5 Å². The number of anilines is 3. The van der Waals surface area contributed by atoms with Crippen LogP contribution in [-0.2, 0) is 5.41 Å². The number of nitrogens with zero attached hydrogens (tertiary/aromatic N) is 4. The van der Waals surface area contributed by atoms with E-state index in [4.69, 9.17) is 18.8 Å². The Labute approximate surface area is 340 Å². The fraction of sp³-hybridized carbons (Fsp3) is 0.0566. The van der Waals surface area contributed by atoms with Crippen molar-refractivity contribution in [1.29, 1.82) is 0 Å². The maximum Gasteiger partial charge on any atom is 0.227 e. The van der Waals surface area contributed by atoms with Crippen molar-refractivity contribution in [2.75, 3.05) is 4.90 Å². The number of fused-ring (bicyclic) bond motifs is 7. The van der Waals surface area contributed by atoms with E-state index in [1.54, 1.807) is 0 Å². The van der Waals surface area contributed by atoms with Crippen LogP contribution in [0.15, 0.2) is 191 Å². The second kappa shape index (κ2) is 12.7. The number of hydrogen-bond donors (Lipinski definition) is 0. The summed E-state index contributed by atoms with van der Waals surface area (Å²) in [7, 11) is 0. The van der Waals surface area contributed by atoms with Crippen LogP contribution < -0.4 is 4.90 Å². The lowest BCUT2D eigenvalue weighted by molar-refractivity contribution is 0.619. The predicted molar refractivity (Wildman–Crippen MR) is 239 cm³/mol. The Morgan fingerprint density at radius 3 is 1.47 bits per heavy atom. The fourth-order valence-electron chi connectivity index (χ4n) is 9.16. The first kappa shape index (κ1) is 33.4. The van der Waals surface area contributed by atoms with E-state index < -0.39 is 0 Å². The van der Waals surface area contributed by atoms with Crippen LogP contribution in [0.3, 0.4) is 0 Å². The van der Waals surface area contributed by atoms with Crippen LogP contribution in [-0.4, -0.2) is 14.5 Å². The highest BCUT2D eigenvalue weighted by Crippen LogP contribution is 2.52. The Morgan fingerprint density at radius 2 is 0.915 bits per heavy atom. The van der Waals surface area contributed by atoms with E-state index in [1.165, 1.54) is 22.5 Å². The molecule has 3 aromatic heterocycles. The maximum absolute atomic E-state index is 6.30. The van der Waals surface area contributed by atoms with Gasteiger partial charge in [-0.1, -0.05) is 105 Å². The van der Waals surface area contributed by atoms with Crippen molar-refractivity contribution in [3.63, 3.8) is 0 Å². The average molecular weight is 761 g/mol. The van der Waals surface area contributed by atoms with E-state index in [2.05, 4.69) is 157 Å². The summed E-state index contributed by atoms with van der Waals surface area (Å²) < 4.78 is 15.0. The van der Waals surface area contributed by atoms with Crippen molar-refractivity contribution in [3.05, 3.63) is 193 Å². The molecule has 4 heterocycles. The van der Waals surface area contributed by atoms with Gasteiger partial charge >= 0.3 is 0 Å². The molecule has 0 amide bonds. The average Bonchev–Trinajstić information content (AvgIpc) is 4.01. The molecule has 1 aliphatic heterocycles. The van der Waals surface area contributed by atoms with Crippen molar-refractivity contribution in [3.8, 4) is 39.7 Å². The second-order valence-electron chi connectivity index (χ2n) is 15.9. The van der Waals surface area contributed by atoms with Gasteiger partial charge in [0.2, 0.25) is 11.8 Å². The number of aromatic nitrogens is 3. The van der Waals surface area contributed by atoms with Crippen LogP contribution in [0.1, 0.15) is 25.0 Å². The minimum Gasteiger partial charge on any atom is -0.436 e. The highest BCUT2D eigenvalue weighted by atomic mass is 16.4. The molecule has 0 atom stereocenters. The van der Waals surface area contributed by atoms with E-state index in [0.717, 1.165) is 77.6 Å². The molecule has 0 unspecified atom stereocenters. The second-order valence-corrected chi connectivity index (χ2v) is 15.9. The molecular weight excluding hydrogens is 725 g/mol. The van der Waals surface area contributed by atoms with E-state index in [-0.39, 0.29) is 5.41 Å². The number of hydrogen-bond acceptors (Lipinski definition) is 5. The summed E-state index contributed by atoms with van der Waals surface area (Å²) in [4.78, 5) is 12.2. The number of para-hydroxylation sites is 6. The first-order valence-corrected chi connectivity index (χ1v) is 20.0. The summed E-state index contributed by atoms with van der Waals surface area (Å²) in [6.07, 6.45) is 0. The summed E-state index contributed by atoms with van der Waals surface area (Å²) in [6.45, 7) is 4.66. The van der Waals surface area contributed by atoms with Crippen LogP contribution in [0.25, 0.3) is 83.7 Å². The Hall–Kier alpha value is -7.70.